The molecule has 1 N–H and O–H groups in total. The molecule has 0 bridgehead atoms. The number of fused-ring (bicyclic) bond motifs is 1. The highest BCUT2D eigenvalue weighted by Gasteiger charge is 2.27. The van der Waals surface area contributed by atoms with Gasteiger partial charge in [0.25, 0.3) is 0 Å². The highest BCUT2D eigenvalue weighted by Crippen LogP contribution is 2.25. The monoisotopic (exact) mass is 345 g/mol. The first-order valence-electron chi connectivity index (χ1n) is 8.14. The maximum absolute atomic E-state index is 12.6. The second kappa shape index (κ2) is 7.42. The number of benzene rings is 1. The molecule has 3 rings (SSSR count). The Bertz CT molecular complexity index is 716. The van der Waals surface area contributed by atoms with Crippen molar-refractivity contribution in [3.63, 3.8) is 0 Å². The van der Waals surface area contributed by atoms with Crippen LogP contribution in [0.15, 0.2) is 29.6 Å². The Hall–Kier alpha value is -1.76. The molecule has 1 aliphatic heterocycles. The number of nitrogens with one attached hydrogen (secondary N) is 1. The van der Waals surface area contributed by atoms with Crippen LogP contribution in [0.25, 0.3) is 0 Å². The number of methoxy groups -OCH3 is 1. The molecule has 1 aromatic heterocycles. The number of likely N-dealkylation sites (N-methyl/N-ethyl adjacent to an activating group) is 1. The number of ether oxygens (including phenoxy) is 1. The van der Waals surface area contributed by atoms with Crippen molar-refractivity contribution in [1.82, 2.24) is 9.88 Å². The molecule has 0 aliphatic carbocycles. The summed E-state index contributed by atoms with van der Waals surface area (Å²) in [5, 5.41) is 6.07. The second-order valence-electron chi connectivity index (χ2n) is 6.17. The molecule has 2 aromatic rings. The van der Waals surface area contributed by atoms with E-state index in [4.69, 9.17) is 4.74 Å². The largest absolute Gasteiger partial charge is 0.375 e. The van der Waals surface area contributed by atoms with E-state index < -0.39 is 0 Å². The molecule has 2 heterocycles. The van der Waals surface area contributed by atoms with Crippen molar-refractivity contribution >= 4 is 22.9 Å². The number of carbonyl (C=O) groups excluding carboxylic acids is 1. The zero-order valence-corrected chi connectivity index (χ0v) is 15.1. The van der Waals surface area contributed by atoms with E-state index in [-0.39, 0.29) is 18.1 Å². The van der Waals surface area contributed by atoms with Crippen LogP contribution in [0.5, 0.6) is 0 Å². The number of thiazole rings is 1. The number of amides is 1. The minimum absolute atomic E-state index is 0.00438. The van der Waals surface area contributed by atoms with E-state index >= 15 is 0 Å². The number of carbonyl (C=O) groups is 1. The van der Waals surface area contributed by atoms with Gasteiger partial charge in [-0.15, -0.1) is 11.3 Å². The maximum Gasteiger partial charge on any atom is 0.241 e. The van der Waals surface area contributed by atoms with Gasteiger partial charge in [-0.3, -0.25) is 9.69 Å². The van der Waals surface area contributed by atoms with Crippen LogP contribution in [0.3, 0.4) is 0 Å². The van der Waals surface area contributed by atoms with Crippen molar-refractivity contribution in [3.05, 3.63) is 45.9 Å². The quantitative estimate of drug-likeness (QED) is 0.904. The Morgan fingerprint density at radius 3 is 3.04 bits per heavy atom. The molecule has 0 saturated heterocycles. The molecule has 0 saturated carbocycles. The molecule has 1 aromatic carbocycles. The number of anilines is 1. The number of hydrogen-bond donors (Lipinski definition) is 1. The van der Waals surface area contributed by atoms with E-state index in [1.54, 1.807) is 18.4 Å². The van der Waals surface area contributed by atoms with Crippen LogP contribution in [0.2, 0.25) is 0 Å². The molecular formula is C18H23N3O2S. The Kier molecular flexibility index (Phi) is 5.28. The van der Waals surface area contributed by atoms with Crippen molar-refractivity contribution in [2.45, 2.75) is 38.5 Å². The zero-order valence-electron chi connectivity index (χ0n) is 14.3. The number of hydrogen-bond acceptors (Lipinski definition) is 5. The molecule has 5 nitrogen and oxygen atoms in total. The van der Waals surface area contributed by atoms with Crippen molar-refractivity contribution in [3.8, 4) is 0 Å². The van der Waals surface area contributed by atoms with Gasteiger partial charge in [-0.25, -0.2) is 4.98 Å². The van der Waals surface area contributed by atoms with E-state index in [9.17, 15) is 4.79 Å². The summed E-state index contributed by atoms with van der Waals surface area (Å²) in [4.78, 5) is 19.3. The minimum Gasteiger partial charge on any atom is -0.375 e. The molecule has 0 fully saturated rings. The standard InChI is InChI=1S/C18H23N3O2S/c1-12(23-3)18-19-14(11-24-18)10-21(2)16-9-8-13-6-4-5-7-15(13)20-17(16)22/h4-7,11-12,16H,8-10H2,1-3H3,(H,20,22). The smallest absolute Gasteiger partial charge is 0.241 e. The predicted molar refractivity (Wildman–Crippen MR) is 96.2 cm³/mol. The highest BCUT2D eigenvalue weighted by atomic mass is 32.1. The lowest BCUT2D eigenvalue weighted by atomic mass is 10.1. The van der Waals surface area contributed by atoms with Gasteiger partial charge >= 0.3 is 0 Å². The number of rotatable bonds is 5. The van der Waals surface area contributed by atoms with Gasteiger partial charge in [-0.1, -0.05) is 18.2 Å². The van der Waals surface area contributed by atoms with E-state index in [1.165, 1.54) is 5.56 Å². The molecule has 24 heavy (non-hydrogen) atoms. The van der Waals surface area contributed by atoms with Gasteiger partial charge in [-0.05, 0) is 38.4 Å². The van der Waals surface area contributed by atoms with E-state index in [2.05, 4.69) is 21.3 Å². The molecule has 1 amide bonds. The third-order valence-corrected chi connectivity index (χ3v) is 5.53. The lowest BCUT2D eigenvalue weighted by Crippen LogP contribution is -2.40. The molecule has 0 spiro atoms. The van der Waals surface area contributed by atoms with Crippen LogP contribution >= 0.6 is 11.3 Å². The Balaban J connectivity index is 1.68. The van der Waals surface area contributed by atoms with E-state index in [1.807, 2.05) is 37.6 Å². The summed E-state index contributed by atoms with van der Waals surface area (Å²) in [6.07, 6.45) is 1.71. The van der Waals surface area contributed by atoms with Gasteiger partial charge < -0.3 is 10.1 Å². The van der Waals surface area contributed by atoms with E-state index in [0.29, 0.717) is 6.54 Å². The molecule has 2 unspecified atom stereocenters. The Morgan fingerprint density at radius 2 is 2.25 bits per heavy atom. The fourth-order valence-corrected chi connectivity index (χ4v) is 3.81. The molecule has 128 valence electrons. The predicted octanol–water partition coefficient (Wildman–Crippen LogP) is 3.24. The van der Waals surface area contributed by atoms with Crippen LogP contribution < -0.4 is 5.32 Å². The summed E-state index contributed by atoms with van der Waals surface area (Å²) in [6.45, 7) is 2.64. The Morgan fingerprint density at radius 1 is 1.46 bits per heavy atom. The SMILES string of the molecule is COC(C)c1nc(CN(C)C2CCc3ccccc3NC2=O)cs1. The first-order valence-corrected chi connectivity index (χ1v) is 9.02. The van der Waals surface area contributed by atoms with Crippen molar-refractivity contribution < 1.29 is 9.53 Å². The fraction of sp³-hybridized carbons (Fsp3) is 0.444. The topological polar surface area (TPSA) is 54.5 Å². The highest BCUT2D eigenvalue weighted by molar-refractivity contribution is 7.09. The van der Waals surface area contributed by atoms with Crippen LogP contribution in [-0.4, -0.2) is 36.0 Å². The van der Waals surface area contributed by atoms with Gasteiger partial charge in [0, 0.05) is 24.7 Å². The normalized spacial score (nSPS) is 18.8. The average Bonchev–Trinajstić information content (AvgIpc) is 2.96. The van der Waals surface area contributed by atoms with Gasteiger partial charge in [0.05, 0.1) is 11.7 Å². The van der Waals surface area contributed by atoms with Gasteiger partial charge in [0.2, 0.25) is 5.91 Å². The number of para-hydroxylation sites is 1. The summed E-state index contributed by atoms with van der Waals surface area (Å²) in [6, 6.07) is 7.87. The second-order valence-corrected chi connectivity index (χ2v) is 7.06. The number of nitrogens with zero attached hydrogens (tertiary/aromatic N) is 2. The van der Waals surface area contributed by atoms with Crippen molar-refractivity contribution in [1.29, 1.82) is 0 Å². The van der Waals surface area contributed by atoms with Crippen LogP contribution in [0.1, 0.15) is 35.7 Å². The molecule has 2 atom stereocenters. The third kappa shape index (κ3) is 3.66. The third-order valence-electron chi connectivity index (χ3n) is 4.48. The van der Waals surface area contributed by atoms with Crippen LogP contribution in [-0.2, 0) is 22.5 Å². The minimum atomic E-state index is -0.151. The van der Waals surface area contributed by atoms with Gasteiger partial charge in [0.1, 0.15) is 11.1 Å². The van der Waals surface area contributed by atoms with Crippen LogP contribution in [0, 0.1) is 0 Å². The summed E-state index contributed by atoms with van der Waals surface area (Å²) in [5.74, 6) is 0.0585. The Labute approximate surface area is 146 Å². The van der Waals surface area contributed by atoms with Gasteiger partial charge in [0.15, 0.2) is 0 Å². The molecule has 1 aliphatic rings. The average molecular weight is 345 g/mol. The van der Waals surface area contributed by atoms with Crippen molar-refractivity contribution in [2.75, 3.05) is 19.5 Å². The summed E-state index contributed by atoms with van der Waals surface area (Å²) in [7, 11) is 3.67. The van der Waals surface area contributed by atoms with Crippen LogP contribution in [0.4, 0.5) is 5.69 Å². The maximum atomic E-state index is 12.6. The first-order chi connectivity index (χ1) is 11.6. The summed E-state index contributed by atoms with van der Waals surface area (Å²) in [5.41, 5.74) is 3.12. The van der Waals surface area contributed by atoms with E-state index in [0.717, 1.165) is 29.2 Å². The summed E-state index contributed by atoms with van der Waals surface area (Å²) < 4.78 is 5.31. The summed E-state index contributed by atoms with van der Waals surface area (Å²) >= 11 is 1.60. The van der Waals surface area contributed by atoms with Gasteiger partial charge in [-0.2, -0.15) is 0 Å². The molecule has 6 heteroatoms. The zero-order chi connectivity index (χ0) is 17.1. The molecular weight excluding hydrogens is 322 g/mol. The number of aromatic nitrogens is 1. The fourth-order valence-electron chi connectivity index (χ4n) is 2.97. The molecule has 0 radical (unpaired) electrons. The lowest BCUT2D eigenvalue weighted by molar-refractivity contribution is -0.121. The lowest BCUT2D eigenvalue weighted by Gasteiger charge is -2.24. The van der Waals surface area contributed by atoms with Crippen molar-refractivity contribution in [2.24, 2.45) is 0 Å². The number of aryl methyl sites for hydroxylation is 1. The first kappa shape index (κ1) is 17.1.